The van der Waals surface area contributed by atoms with E-state index < -0.39 is 17.9 Å². The first-order valence-corrected chi connectivity index (χ1v) is 6.31. The van der Waals surface area contributed by atoms with Crippen molar-refractivity contribution in [3.8, 4) is 0 Å². The van der Waals surface area contributed by atoms with Crippen LogP contribution >= 0.6 is 0 Å². The molecule has 2 N–H and O–H groups in total. The normalized spacial score (nSPS) is 22.4. The van der Waals surface area contributed by atoms with Crippen LogP contribution in [0.15, 0.2) is 18.2 Å². The van der Waals surface area contributed by atoms with Gasteiger partial charge in [0.25, 0.3) is 11.8 Å². The summed E-state index contributed by atoms with van der Waals surface area (Å²) in [4.78, 5) is 48.8. The molecule has 1 saturated carbocycles. The quantitative estimate of drug-likeness (QED) is 0.457. The number of anilines is 1. The molecule has 1 aliphatic carbocycles. The van der Waals surface area contributed by atoms with Gasteiger partial charge in [0.2, 0.25) is 0 Å². The van der Waals surface area contributed by atoms with E-state index in [-0.39, 0.29) is 47.6 Å². The van der Waals surface area contributed by atoms with Crippen molar-refractivity contribution in [2.75, 3.05) is 5.73 Å². The van der Waals surface area contributed by atoms with Crippen LogP contribution < -0.4 is 5.73 Å². The molecule has 102 valence electrons. The Balaban J connectivity index is 2.00. The molecule has 2 aliphatic rings. The number of hydrogen-bond donors (Lipinski definition) is 1. The molecule has 1 aromatic rings. The van der Waals surface area contributed by atoms with Crippen LogP contribution in [-0.2, 0) is 9.59 Å². The zero-order chi connectivity index (χ0) is 14.4. The van der Waals surface area contributed by atoms with Crippen LogP contribution in [0.5, 0.6) is 0 Å². The molecule has 0 spiro atoms. The molecule has 6 nitrogen and oxygen atoms in total. The van der Waals surface area contributed by atoms with Gasteiger partial charge in [-0.1, -0.05) is 6.07 Å². The van der Waals surface area contributed by atoms with Crippen molar-refractivity contribution in [1.82, 2.24) is 4.90 Å². The average Bonchev–Trinajstić information content (AvgIpc) is 2.64. The molecule has 0 unspecified atom stereocenters. The largest absolute Gasteiger partial charge is 0.398 e. The summed E-state index contributed by atoms with van der Waals surface area (Å²) in [7, 11) is 0. The summed E-state index contributed by atoms with van der Waals surface area (Å²) in [5.74, 6) is -1.59. The minimum atomic E-state index is -0.848. The maximum atomic E-state index is 12.3. The summed E-state index contributed by atoms with van der Waals surface area (Å²) in [6, 6.07) is 3.80. The van der Waals surface area contributed by atoms with Crippen molar-refractivity contribution in [1.29, 1.82) is 0 Å². The third kappa shape index (κ3) is 1.65. The van der Waals surface area contributed by atoms with Crippen molar-refractivity contribution in [2.45, 2.75) is 25.3 Å². The predicted octanol–water partition coefficient (Wildman–Crippen LogP) is 0.556. The van der Waals surface area contributed by atoms with Crippen LogP contribution in [0.3, 0.4) is 0 Å². The van der Waals surface area contributed by atoms with Gasteiger partial charge in [0.15, 0.2) is 5.78 Å². The van der Waals surface area contributed by atoms with E-state index in [4.69, 9.17) is 5.73 Å². The summed E-state index contributed by atoms with van der Waals surface area (Å²) in [6.07, 6.45) is 0.190. The molecule has 0 saturated heterocycles. The predicted molar refractivity (Wildman–Crippen MR) is 69.0 cm³/mol. The Morgan fingerprint density at radius 3 is 2.50 bits per heavy atom. The van der Waals surface area contributed by atoms with E-state index in [0.29, 0.717) is 0 Å². The van der Waals surface area contributed by atoms with Gasteiger partial charge >= 0.3 is 0 Å². The average molecular weight is 272 g/mol. The van der Waals surface area contributed by atoms with E-state index in [2.05, 4.69) is 0 Å². The van der Waals surface area contributed by atoms with E-state index >= 15 is 0 Å². The van der Waals surface area contributed by atoms with Gasteiger partial charge in [-0.25, -0.2) is 0 Å². The first-order valence-electron chi connectivity index (χ1n) is 6.31. The van der Waals surface area contributed by atoms with Crippen LogP contribution in [0.2, 0.25) is 0 Å². The Morgan fingerprint density at radius 2 is 1.85 bits per heavy atom. The second kappa shape index (κ2) is 4.26. The van der Waals surface area contributed by atoms with E-state index in [1.807, 2.05) is 0 Å². The van der Waals surface area contributed by atoms with Gasteiger partial charge in [-0.2, -0.15) is 0 Å². The maximum Gasteiger partial charge on any atom is 0.264 e. The molecule has 1 atom stereocenters. The van der Waals surface area contributed by atoms with Crippen molar-refractivity contribution in [3.63, 3.8) is 0 Å². The van der Waals surface area contributed by atoms with Gasteiger partial charge in [-0.05, 0) is 18.6 Å². The number of amides is 2. The number of nitrogen functional groups attached to an aromatic ring is 1. The smallest absolute Gasteiger partial charge is 0.264 e. The fourth-order valence-electron chi connectivity index (χ4n) is 2.74. The lowest BCUT2D eigenvalue weighted by molar-refractivity contribution is -0.132. The van der Waals surface area contributed by atoms with Crippen molar-refractivity contribution in [2.24, 2.45) is 0 Å². The summed E-state index contributed by atoms with van der Waals surface area (Å²) >= 11 is 0. The molecule has 0 bridgehead atoms. The highest BCUT2D eigenvalue weighted by Gasteiger charge is 2.45. The Bertz CT molecular complexity index is 665. The van der Waals surface area contributed by atoms with Crippen LogP contribution in [0.1, 0.15) is 40.0 Å². The second-order valence-electron chi connectivity index (χ2n) is 4.99. The van der Waals surface area contributed by atoms with Gasteiger partial charge in [-0.3, -0.25) is 24.1 Å². The zero-order valence-electron chi connectivity index (χ0n) is 10.6. The third-order valence-electron chi connectivity index (χ3n) is 3.73. The fraction of sp³-hybridized carbons (Fsp3) is 0.286. The topological polar surface area (TPSA) is 97.5 Å². The van der Waals surface area contributed by atoms with E-state index in [0.717, 1.165) is 4.90 Å². The lowest BCUT2D eigenvalue weighted by atomic mass is 9.92. The molecular formula is C14H12N2O4. The van der Waals surface area contributed by atoms with Crippen LogP contribution in [0.25, 0.3) is 0 Å². The third-order valence-corrected chi connectivity index (χ3v) is 3.73. The van der Waals surface area contributed by atoms with Crippen molar-refractivity contribution < 1.29 is 19.2 Å². The molecule has 1 fully saturated rings. The number of nitrogens with zero attached hydrogens (tertiary/aromatic N) is 1. The maximum absolute atomic E-state index is 12.3. The molecular weight excluding hydrogens is 260 g/mol. The van der Waals surface area contributed by atoms with Crippen LogP contribution in [-0.4, -0.2) is 34.3 Å². The van der Waals surface area contributed by atoms with Crippen molar-refractivity contribution in [3.05, 3.63) is 29.3 Å². The minimum absolute atomic E-state index is 0.151. The molecule has 20 heavy (non-hydrogen) atoms. The highest BCUT2D eigenvalue weighted by molar-refractivity contribution is 6.25. The molecule has 1 aliphatic heterocycles. The lowest BCUT2D eigenvalue weighted by Gasteiger charge is -2.27. The molecule has 0 aromatic heterocycles. The van der Waals surface area contributed by atoms with E-state index in [1.165, 1.54) is 6.07 Å². The number of nitrogens with two attached hydrogens (primary N) is 1. The van der Waals surface area contributed by atoms with Gasteiger partial charge < -0.3 is 5.73 Å². The molecule has 0 radical (unpaired) electrons. The molecule has 1 aromatic carbocycles. The van der Waals surface area contributed by atoms with Gasteiger partial charge in [-0.15, -0.1) is 0 Å². The molecule has 3 rings (SSSR count). The van der Waals surface area contributed by atoms with Crippen LogP contribution in [0, 0.1) is 0 Å². The van der Waals surface area contributed by atoms with E-state index in [1.54, 1.807) is 12.1 Å². The van der Waals surface area contributed by atoms with Gasteiger partial charge in [0.05, 0.1) is 23.6 Å². The number of carbonyl (C=O) groups is 4. The Hall–Kier alpha value is -2.50. The van der Waals surface area contributed by atoms with Gasteiger partial charge in [0.1, 0.15) is 5.78 Å². The summed E-state index contributed by atoms with van der Waals surface area (Å²) < 4.78 is 0. The number of ketones is 2. The van der Waals surface area contributed by atoms with Gasteiger partial charge in [0, 0.05) is 12.1 Å². The van der Waals surface area contributed by atoms with E-state index in [9.17, 15) is 19.2 Å². The molecule has 1 heterocycles. The Kier molecular flexibility index (Phi) is 2.67. The number of carbonyl (C=O) groups excluding carboxylic acids is 4. The Morgan fingerprint density at radius 1 is 1.10 bits per heavy atom. The Labute approximate surface area is 114 Å². The summed E-state index contributed by atoms with van der Waals surface area (Å²) in [5, 5.41) is 0. The van der Waals surface area contributed by atoms with Crippen LogP contribution in [0.4, 0.5) is 5.69 Å². The number of benzene rings is 1. The summed E-state index contributed by atoms with van der Waals surface area (Å²) in [6.45, 7) is 0. The molecule has 2 amide bonds. The second-order valence-corrected chi connectivity index (χ2v) is 4.99. The highest BCUT2D eigenvalue weighted by atomic mass is 16.2. The SMILES string of the molecule is Nc1cccc2c1C(=O)N([C@H]1CCC(=O)CC1=O)C2=O. The first-order chi connectivity index (χ1) is 9.50. The zero-order valence-corrected chi connectivity index (χ0v) is 10.6. The number of hydrogen-bond acceptors (Lipinski definition) is 5. The standard InChI is InChI=1S/C14H12N2O4/c15-9-3-1-2-8-12(9)14(20)16(13(8)19)10-5-4-7(17)6-11(10)18/h1-3,10H,4-6,15H2/t10-/m0/s1. The number of rotatable bonds is 1. The van der Waals surface area contributed by atoms with Crippen molar-refractivity contribution >= 4 is 29.1 Å². The molecule has 6 heteroatoms. The first kappa shape index (κ1) is 12.5. The highest BCUT2D eigenvalue weighted by Crippen LogP contribution is 2.31. The number of Topliss-reactive ketones (excluding diaryl/α,β-unsaturated/α-hetero) is 2. The monoisotopic (exact) mass is 272 g/mol. The number of fused-ring (bicyclic) bond motifs is 1. The summed E-state index contributed by atoms with van der Waals surface area (Å²) in [5.41, 5.74) is 6.34. The minimum Gasteiger partial charge on any atom is -0.398 e. The lowest BCUT2D eigenvalue weighted by Crippen LogP contribution is -2.47. The fourth-order valence-corrected chi connectivity index (χ4v) is 2.74. The number of imide groups is 1.